The maximum atomic E-state index is 12.0. The fourth-order valence-corrected chi connectivity index (χ4v) is 1.96. The molecule has 1 rings (SSSR count). The standard InChI is InChI=1S/C14H21NO2/c1-5-7-8-12-13(10(3)11(4)17-12)14(16)15-9-6-2/h6,12-13H,2-5,7-9H2,1H3,(H,15,16)/t12-,13?/m1/s1. The Morgan fingerprint density at radius 3 is 2.82 bits per heavy atom. The predicted molar refractivity (Wildman–Crippen MR) is 69.4 cm³/mol. The van der Waals surface area contributed by atoms with E-state index in [0.717, 1.165) is 19.3 Å². The average molecular weight is 235 g/mol. The number of ether oxygens (including phenoxy) is 1. The summed E-state index contributed by atoms with van der Waals surface area (Å²) in [5.41, 5.74) is 0.702. The van der Waals surface area contributed by atoms with Crippen molar-refractivity contribution < 1.29 is 9.53 Å². The van der Waals surface area contributed by atoms with Gasteiger partial charge in [0.15, 0.2) is 0 Å². The molecule has 0 radical (unpaired) electrons. The van der Waals surface area contributed by atoms with Crippen LogP contribution in [0.2, 0.25) is 0 Å². The molecular formula is C14H21NO2. The summed E-state index contributed by atoms with van der Waals surface area (Å²) < 4.78 is 5.61. The van der Waals surface area contributed by atoms with Crippen molar-refractivity contribution in [1.82, 2.24) is 5.32 Å². The summed E-state index contributed by atoms with van der Waals surface area (Å²) in [4.78, 5) is 12.0. The molecular weight excluding hydrogens is 214 g/mol. The Morgan fingerprint density at radius 1 is 1.53 bits per heavy atom. The van der Waals surface area contributed by atoms with E-state index < -0.39 is 0 Å². The number of hydrogen-bond acceptors (Lipinski definition) is 2. The number of rotatable bonds is 6. The molecule has 0 spiro atoms. The van der Waals surface area contributed by atoms with E-state index in [9.17, 15) is 4.79 Å². The number of nitrogens with one attached hydrogen (secondary N) is 1. The molecule has 1 aliphatic heterocycles. The normalized spacial score (nSPS) is 23.4. The smallest absolute Gasteiger partial charge is 0.231 e. The third-order valence-corrected chi connectivity index (χ3v) is 2.94. The second-order valence-electron chi connectivity index (χ2n) is 4.26. The van der Waals surface area contributed by atoms with E-state index >= 15 is 0 Å². The van der Waals surface area contributed by atoms with Crippen LogP contribution in [0.25, 0.3) is 0 Å². The van der Waals surface area contributed by atoms with Gasteiger partial charge < -0.3 is 10.1 Å². The number of carbonyl (C=O) groups is 1. The van der Waals surface area contributed by atoms with Crippen molar-refractivity contribution in [2.75, 3.05) is 6.54 Å². The maximum Gasteiger partial charge on any atom is 0.231 e. The minimum absolute atomic E-state index is 0.0466. The monoisotopic (exact) mass is 235 g/mol. The van der Waals surface area contributed by atoms with Crippen molar-refractivity contribution >= 4 is 5.91 Å². The number of amides is 1. The zero-order valence-electron chi connectivity index (χ0n) is 10.5. The van der Waals surface area contributed by atoms with E-state index in [4.69, 9.17) is 4.74 Å². The zero-order valence-corrected chi connectivity index (χ0v) is 10.5. The molecule has 1 aliphatic rings. The van der Waals surface area contributed by atoms with Crippen LogP contribution in [0.5, 0.6) is 0 Å². The Balaban J connectivity index is 2.69. The third-order valence-electron chi connectivity index (χ3n) is 2.94. The van der Waals surface area contributed by atoms with Gasteiger partial charge in [0.05, 0.1) is 0 Å². The molecule has 0 aromatic heterocycles. The van der Waals surface area contributed by atoms with Gasteiger partial charge in [-0.25, -0.2) is 0 Å². The first-order valence-corrected chi connectivity index (χ1v) is 6.05. The van der Waals surface area contributed by atoms with Crippen LogP contribution in [0, 0.1) is 5.92 Å². The summed E-state index contributed by atoms with van der Waals surface area (Å²) in [5.74, 6) is 0.202. The minimum Gasteiger partial charge on any atom is -0.490 e. The highest BCUT2D eigenvalue weighted by Crippen LogP contribution is 2.35. The van der Waals surface area contributed by atoms with E-state index in [2.05, 4.69) is 32.0 Å². The summed E-state index contributed by atoms with van der Waals surface area (Å²) in [6.45, 7) is 13.8. The van der Waals surface area contributed by atoms with Gasteiger partial charge in [-0.15, -0.1) is 6.58 Å². The molecule has 17 heavy (non-hydrogen) atoms. The first kappa shape index (κ1) is 13.6. The fraction of sp³-hybridized carbons (Fsp3) is 0.500. The molecule has 3 nitrogen and oxygen atoms in total. The van der Waals surface area contributed by atoms with Gasteiger partial charge in [-0.2, -0.15) is 0 Å². The third kappa shape index (κ3) is 3.22. The Kier molecular flexibility index (Phi) is 5.01. The van der Waals surface area contributed by atoms with Gasteiger partial charge in [-0.3, -0.25) is 4.79 Å². The van der Waals surface area contributed by atoms with E-state index in [-0.39, 0.29) is 17.9 Å². The van der Waals surface area contributed by atoms with Gasteiger partial charge in [-0.05, 0) is 6.42 Å². The topological polar surface area (TPSA) is 38.3 Å². The number of unbranched alkanes of at least 4 members (excludes halogenated alkanes) is 1. The van der Waals surface area contributed by atoms with Crippen molar-refractivity contribution in [3.05, 3.63) is 37.1 Å². The number of allylic oxidation sites excluding steroid dienone is 1. The molecule has 1 saturated heterocycles. The average Bonchev–Trinajstić information content (AvgIpc) is 2.59. The van der Waals surface area contributed by atoms with E-state index in [1.807, 2.05) is 0 Å². The van der Waals surface area contributed by atoms with Crippen molar-refractivity contribution in [3.8, 4) is 0 Å². The van der Waals surface area contributed by atoms with Crippen LogP contribution in [0.3, 0.4) is 0 Å². The lowest BCUT2D eigenvalue weighted by Gasteiger charge is -2.17. The highest BCUT2D eigenvalue weighted by atomic mass is 16.5. The molecule has 3 heteroatoms. The van der Waals surface area contributed by atoms with Crippen LogP contribution < -0.4 is 5.32 Å². The van der Waals surface area contributed by atoms with Crippen molar-refractivity contribution in [2.45, 2.75) is 32.3 Å². The molecule has 0 bridgehead atoms. The summed E-state index contributed by atoms with van der Waals surface area (Å²) in [5, 5.41) is 2.79. The lowest BCUT2D eigenvalue weighted by molar-refractivity contribution is -0.125. The van der Waals surface area contributed by atoms with Gasteiger partial charge in [0.2, 0.25) is 5.91 Å². The molecule has 94 valence electrons. The van der Waals surface area contributed by atoms with Crippen LogP contribution in [0.15, 0.2) is 37.1 Å². The van der Waals surface area contributed by atoms with Crippen LogP contribution >= 0.6 is 0 Å². The quantitative estimate of drug-likeness (QED) is 0.719. The van der Waals surface area contributed by atoms with Crippen LogP contribution in [-0.2, 0) is 9.53 Å². The van der Waals surface area contributed by atoms with Crippen molar-refractivity contribution in [3.63, 3.8) is 0 Å². The summed E-state index contributed by atoms with van der Waals surface area (Å²) in [7, 11) is 0. The second kappa shape index (κ2) is 6.28. The van der Waals surface area contributed by atoms with Crippen LogP contribution in [0.4, 0.5) is 0 Å². The fourth-order valence-electron chi connectivity index (χ4n) is 1.96. The Labute approximate surface area is 103 Å². The molecule has 1 heterocycles. The molecule has 1 fully saturated rings. The molecule has 1 N–H and O–H groups in total. The van der Waals surface area contributed by atoms with Gasteiger partial charge in [0.1, 0.15) is 17.8 Å². The van der Waals surface area contributed by atoms with Gasteiger partial charge in [-0.1, -0.05) is 39.0 Å². The first-order chi connectivity index (χ1) is 8.11. The Hall–Kier alpha value is -1.51. The highest BCUT2D eigenvalue weighted by molar-refractivity contribution is 5.83. The number of carbonyl (C=O) groups excluding carboxylic acids is 1. The molecule has 0 saturated carbocycles. The van der Waals surface area contributed by atoms with Crippen LogP contribution in [0.1, 0.15) is 26.2 Å². The van der Waals surface area contributed by atoms with Gasteiger partial charge in [0.25, 0.3) is 0 Å². The largest absolute Gasteiger partial charge is 0.490 e. The highest BCUT2D eigenvalue weighted by Gasteiger charge is 2.39. The lowest BCUT2D eigenvalue weighted by Crippen LogP contribution is -2.35. The van der Waals surface area contributed by atoms with Gasteiger partial charge in [0, 0.05) is 12.1 Å². The zero-order chi connectivity index (χ0) is 12.8. The summed E-state index contributed by atoms with van der Waals surface area (Å²) >= 11 is 0. The Morgan fingerprint density at radius 2 is 2.24 bits per heavy atom. The first-order valence-electron chi connectivity index (χ1n) is 6.05. The molecule has 0 aromatic rings. The van der Waals surface area contributed by atoms with E-state index in [1.54, 1.807) is 6.08 Å². The maximum absolute atomic E-state index is 12.0. The van der Waals surface area contributed by atoms with Crippen molar-refractivity contribution in [1.29, 1.82) is 0 Å². The molecule has 0 aromatic carbocycles. The molecule has 1 unspecified atom stereocenters. The summed E-state index contributed by atoms with van der Waals surface area (Å²) in [6.07, 6.45) is 4.53. The van der Waals surface area contributed by atoms with E-state index in [0.29, 0.717) is 17.9 Å². The predicted octanol–water partition coefficient (Wildman–Crippen LogP) is 2.56. The SMILES string of the molecule is C=CCNC(=O)C1C(=C)C(=C)O[C@@H]1CCCC. The summed E-state index contributed by atoms with van der Waals surface area (Å²) in [6, 6.07) is 0. The second-order valence-corrected chi connectivity index (χ2v) is 4.26. The molecule has 2 atom stereocenters. The van der Waals surface area contributed by atoms with Crippen LogP contribution in [-0.4, -0.2) is 18.6 Å². The van der Waals surface area contributed by atoms with Gasteiger partial charge >= 0.3 is 0 Å². The minimum atomic E-state index is -0.297. The lowest BCUT2D eigenvalue weighted by atomic mass is 9.92. The Bertz CT molecular complexity index is 333. The van der Waals surface area contributed by atoms with E-state index in [1.165, 1.54) is 0 Å². The molecule has 1 amide bonds. The number of hydrogen-bond donors (Lipinski definition) is 1. The molecule has 0 aliphatic carbocycles. The van der Waals surface area contributed by atoms with Crippen molar-refractivity contribution in [2.24, 2.45) is 5.92 Å².